The first kappa shape index (κ1) is 25.7. The van der Waals surface area contributed by atoms with Crippen LogP contribution in [-0.2, 0) is 9.53 Å². The molecule has 0 bridgehead atoms. The van der Waals surface area contributed by atoms with E-state index in [4.69, 9.17) is 4.74 Å². The Balaban J connectivity index is 1.53. The Morgan fingerprint density at radius 1 is 0.758 bits per heavy atom. The van der Waals surface area contributed by atoms with Gasteiger partial charge in [-0.1, -0.05) is 103 Å². The third-order valence-electron chi connectivity index (χ3n) is 9.92. The quantitative estimate of drug-likeness (QED) is 0.286. The van der Waals surface area contributed by atoms with Gasteiger partial charge in [0.25, 0.3) is 0 Å². The summed E-state index contributed by atoms with van der Waals surface area (Å²) in [6.45, 7) is 10.2. The van der Waals surface area contributed by atoms with Crippen molar-refractivity contribution in [1.82, 2.24) is 9.47 Å². The van der Waals surface area contributed by atoms with Crippen LogP contribution in [0.4, 0.5) is 0 Å². The summed E-state index contributed by atoms with van der Waals surface area (Å²) in [6, 6.07) is 0. The first-order chi connectivity index (χ1) is 16.2. The normalized spacial score (nSPS) is 26.8. The van der Waals surface area contributed by atoms with Gasteiger partial charge in [-0.05, 0) is 23.5 Å². The SMILES string of the molecule is CCOC(=O)C(C)CN1CCN([Si](C2CCCCC2)(C2CCCCC2)C2CCCCC2)CC1. The molecule has 1 unspecified atom stereocenters. The van der Waals surface area contributed by atoms with Crippen molar-refractivity contribution in [3.63, 3.8) is 0 Å². The van der Waals surface area contributed by atoms with Gasteiger partial charge >= 0.3 is 5.97 Å². The maximum atomic E-state index is 12.2. The summed E-state index contributed by atoms with van der Waals surface area (Å²) in [5.74, 6) is -0.0243. The third-order valence-corrected chi connectivity index (χ3v) is 17.1. The zero-order valence-electron chi connectivity index (χ0n) is 21.9. The smallest absolute Gasteiger partial charge is 0.309 e. The average molecular weight is 477 g/mol. The standard InChI is InChI=1S/C28H52N2O2Si/c1-3-32-28(31)24(2)23-29-19-21-30(22-20-29)33(25-13-7-4-8-14-25,26-15-9-5-10-16-26)27-17-11-6-12-18-27/h24-27H,3-23H2,1-2H3. The van der Waals surface area contributed by atoms with Crippen molar-refractivity contribution < 1.29 is 9.53 Å². The number of piperazine rings is 1. The molecule has 1 aliphatic heterocycles. The van der Waals surface area contributed by atoms with Crippen molar-refractivity contribution in [3.05, 3.63) is 0 Å². The number of rotatable bonds is 8. The molecule has 1 saturated heterocycles. The van der Waals surface area contributed by atoms with E-state index in [9.17, 15) is 4.79 Å². The number of carbonyl (C=O) groups is 1. The molecule has 0 aromatic rings. The van der Waals surface area contributed by atoms with E-state index in [1.54, 1.807) is 38.5 Å². The van der Waals surface area contributed by atoms with Crippen LogP contribution in [0.5, 0.6) is 0 Å². The van der Waals surface area contributed by atoms with Crippen LogP contribution < -0.4 is 0 Å². The molecule has 0 amide bonds. The number of esters is 1. The van der Waals surface area contributed by atoms with Crippen LogP contribution in [0.25, 0.3) is 0 Å². The fourth-order valence-electron chi connectivity index (χ4n) is 8.53. The molecule has 190 valence electrons. The molecule has 0 N–H and O–H groups in total. The summed E-state index contributed by atoms with van der Waals surface area (Å²) in [7, 11) is -1.58. The Hall–Kier alpha value is -0.393. The fourth-order valence-corrected chi connectivity index (χ4v) is 17.1. The highest BCUT2D eigenvalue weighted by Gasteiger charge is 2.56. The van der Waals surface area contributed by atoms with Gasteiger partial charge in [-0.3, -0.25) is 4.79 Å². The Morgan fingerprint density at radius 2 is 1.18 bits per heavy atom. The monoisotopic (exact) mass is 476 g/mol. The van der Waals surface area contributed by atoms with E-state index >= 15 is 0 Å². The van der Waals surface area contributed by atoms with Gasteiger partial charge < -0.3 is 14.2 Å². The van der Waals surface area contributed by atoms with E-state index in [-0.39, 0.29) is 11.9 Å². The van der Waals surface area contributed by atoms with Gasteiger partial charge in [-0.15, -0.1) is 0 Å². The predicted octanol–water partition coefficient (Wildman–Crippen LogP) is 6.75. The number of hydrogen-bond acceptors (Lipinski definition) is 4. The van der Waals surface area contributed by atoms with Crippen LogP contribution in [0.3, 0.4) is 0 Å². The summed E-state index contributed by atoms with van der Waals surface area (Å²) in [6.07, 6.45) is 22.7. The molecule has 5 heteroatoms. The van der Waals surface area contributed by atoms with Crippen molar-refractivity contribution in [2.45, 2.75) is 127 Å². The lowest BCUT2D eigenvalue weighted by Gasteiger charge is -2.60. The Labute approximate surface area is 205 Å². The predicted molar refractivity (Wildman–Crippen MR) is 140 cm³/mol. The van der Waals surface area contributed by atoms with Crippen molar-refractivity contribution in [3.8, 4) is 0 Å². The Bertz CT molecular complexity index is 543. The van der Waals surface area contributed by atoms with E-state index < -0.39 is 8.24 Å². The van der Waals surface area contributed by atoms with Gasteiger partial charge in [-0.2, -0.15) is 0 Å². The van der Waals surface area contributed by atoms with Crippen molar-refractivity contribution >= 4 is 14.2 Å². The highest BCUT2D eigenvalue weighted by atomic mass is 28.3. The number of carbonyl (C=O) groups excluding carboxylic acids is 1. The first-order valence-corrected chi connectivity index (χ1v) is 17.0. The van der Waals surface area contributed by atoms with E-state index in [1.165, 1.54) is 70.9 Å². The zero-order valence-corrected chi connectivity index (χ0v) is 22.9. The van der Waals surface area contributed by atoms with Gasteiger partial charge in [-0.25, -0.2) is 0 Å². The molecule has 3 saturated carbocycles. The summed E-state index contributed by atoms with van der Waals surface area (Å²) in [5, 5.41) is 0. The second kappa shape index (κ2) is 12.5. The van der Waals surface area contributed by atoms with E-state index in [0.29, 0.717) is 6.61 Å². The zero-order chi connectivity index (χ0) is 23.1. The van der Waals surface area contributed by atoms with Gasteiger partial charge in [0.2, 0.25) is 0 Å². The van der Waals surface area contributed by atoms with Crippen LogP contribution in [-0.4, -0.2) is 63.0 Å². The number of hydrogen-bond donors (Lipinski definition) is 0. The topological polar surface area (TPSA) is 32.8 Å². The van der Waals surface area contributed by atoms with Crippen molar-refractivity contribution in [2.24, 2.45) is 5.92 Å². The molecule has 4 fully saturated rings. The highest BCUT2D eigenvalue weighted by molar-refractivity contribution is 6.81. The van der Waals surface area contributed by atoms with Gasteiger partial charge in [0.15, 0.2) is 0 Å². The second-order valence-electron chi connectivity index (χ2n) is 11.8. The largest absolute Gasteiger partial charge is 0.466 e. The lowest BCUT2D eigenvalue weighted by molar-refractivity contribution is -0.148. The number of nitrogens with zero attached hydrogens (tertiary/aromatic N) is 2. The summed E-state index contributed by atoms with van der Waals surface area (Å²) in [5.41, 5.74) is 3.17. The lowest BCUT2D eigenvalue weighted by atomic mass is 9.98. The Morgan fingerprint density at radius 3 is 1.58 bits per heavy atom. The summed E-state index contributed by atoms with van der Waals surface area (Å²) >= 11 is 0. The average Bonchev–Trinajstić information content (AvgIpc) is 2.87. The summed E-state index contributed by atoms with van der Waals surface area (Å²) < 4.78 is 8.50. The van der Waals surface area contributed by atoms with Crippen LogP contribution in [0, 0.1) is 5.92 Å². The van der Waals surface area contributed by atoms with Crippen LogP contribution in [0.2, 0.25) is 16.6 Å². The van der Waals surface area contributed by atoms with Gasteiger partial charge in [0.05, 0.1) is 12.5 Å². The van der Waals surface area contributed by atoms with Gasteiger partial charge in [0, 0.05) is 32.7 Å². The lowest BCUT2D eigenvalue weighted by Crippen LogP contribution is -2.67. The minimum atomic E-state index is -1.58. The van der Waals surface area contributed by atoms with Crippen molar-refractivity contribution in [1.29, 1.82) is 0 Å². The minimum Gasteiger partial charge on any atom is -0.466 e. The molecule has 0 aromatic heterocycles. The third kappa shape index (κ3) is 5.89. The molecule has 0 radical (unpaired) electrons. The maximum absolute atomic E-state index is 12.2. The van der Waals surface area contributed by atoms with Crippen LogP contribution in [0.1, 0.15) is 110 Å². The maximum Gasteiger partial charge on any atom is 0.309 e. The molecular weight excluding hydrogens is 424 g/mol. The van der Waals surface area contributed by atoms with E-state index in [0.717, 1.165) is 36.3 Å². The molecule has 4 nitrogen and oxygen atoms in total. The molecular formula is C28H52N2O2Si. The molecule has 4 rings (SSSR count). The molecule has 0 spiro atoms. The van der Waals surface area contributed by atoms with E-state index in [2.05, 4.69) is 16.4 Å². The number of ether oxygens (including phenoxy) is 1. The molecule has 1 heterocycles. The fraction of sp³-hybridized carbons (Fsp3) is 0.964. The van der Waals surface area contributed by atoms with Crippen molar-refractivity contribution in [2.75, 3.05) is 39.3 Å². The first-order valence-electron chi connectivity index (χ1n) is 14.8. The Kier molecular flexibility index (Phi) is 9.76. The molecule has 1 atom stereocenters. The molecule has 3 aliphatic carbocycles. The molecule has 4 aliphatic rings. The molecule has 33 heavy (non-hydrogen) atoms. The minimum absolute atomic E-state index is 0.00599. The molecule has 0 aromatic carbocycles. The van der Waals surface area contributed by atoms with Crippen LogP contribution >= 0.6 is 0 Å². The highest BCUT2D eigenvalue weighted by Crippen LogP contribution is 2.58. The summed E-state index contributed by atoms with van der Waals surface area (Å²) in [4.78, 5) is 14.8. The van der Waals surface area contributed by atoms with E-state index in [1.807, 2.05) is 6.92 Å². The van der Waals surface area contributed by atoms with Gasteiger partial charge in [0.1, 0.15) is 8.24 Å². The van der Waals surface area contributed by atoms with Crippen LogP contribution in [0.15, 0.2) is 0 Å². The second-order valence-corrected chi connectivity index (χ2v) is 16.7.